The van der Waals surface area contributed by atoms with Crippen molar-refractivity contribution in [2.75, 3.05) is 19.5 Å². The monoisotopic (exact) mass is 401 g/mol. The fraction of sp³-hybridized carbons (Fsp3) is 0.250. The number of methoxy groups -OCH3 is 2. The summed E-state index contributed by atoms with van der Waals surface area (Å²) in [7, 11) is 3.23. The van der Waals surface area contributed by atoms with Crippen LogP contribution in [0.3, 0.4) is 0 Å². The number of hydrogen-bond donors (Lipinski definition) is 1. The standard InChI is InChI=1S/C20H20BrNO3/c1-24-19-8-3-13(11-20(19)25-2)14-9-17(12-18(23)10-14)22-16-6-4-15(21)5-7-16/h3-8,11-12,14,22H,9-10H2,1-2H3. The van der Waals surface area contributed by atoms with Gasteiger partial charge in [-0.15, -0.1) is 0 Å². The molecule has 1 N–H and O–H groups in total. The van der Waals surface area contributed by atoms with Crippen molar-refractivity contribution in [1.82, 2.24) is 0 Å². The summed E-state index contributed by atoms with van der Waals surface area (Å²) in [6.45, 7) is 0. The predicted molar refractivity (Wildman–Crippen MR) is 102 cm³/mol. The molecule has 1 aliphatic carbocycles. The smallest absolute Gasteiger partial charge is 0.160 e. The summed E-state index contributed by atoms with van der Waals surface area (Å²) >= 11 is 3.43. The van der Waals surface area contributed by atoms with E-state index in [-0.39, 0.29) is 11.7 Å². The Labute approximate surface area is 156 Å². The molecule has 0 radical (unpaired) electrons. The summed E-state index contributed by atoms with van der Waals surface area (Å²) < 4.78 is 11.7. The van der Waals surface area contributed by atoms with Gasteiger partial charge < -0.3 is 14.8 Å². The maximum atomic E-state index is 12.2. The summed E-state index contributed by atoms with van der Waals surface area (Å²) in [4.78, 5) is 12.2. The summed E-state index contributed by atoms with van der Waals surface area (Å²) in [5.74, 6) is 1.63. The van der Waals surface area contributed by atoms with E-state index in [2.05, 4.69) is 21.2 Å². The highest BCUT2D eigenvalue weighted by atomic mass is 79.9. The number of allylic oxidation sites excluding steroid dienone is 2. The van der Waals surface area contributed by atoms with Crippen LogP contribution >= 0.6 is 15.9 Å². The molecule has 0 aromatic heterocycles. The van der Waals surface area contributed by atoms with E-state index in [1.54, 1.807) is 20.3 Å². The van der Waals surface area contributed by atoms with Crippen LogP contribution in [0.1, 0.15) is 24.3 Å². The average molecular weight is 402 g/mol. The van der Waals surface area contributed by atoms with Gasteiger partial charge in [0.05, 0.1) is 14.2 Å². The van der Waals surface area contributed by atoms with E-state index in [1.807, 2.05) is 42.5 Å². The van der Waals surface area contributed by atoms with E-state index in [0.717, 1.165) is 27.8 Å². The molecule has 1 atom stereocenters. The fourth-order valence-corrected chi connectivity index (χ4v) is 3.31. The van der Waals surface area contributed by atoms with Crippen LogP contribution in [0, 0.1) is 0 Å². The summed E-state index contributed by atoms with van der Waals surface area (Å²) in [6.07, 6.45) is 2.98. The zero-order chi connectivity index (χ0) is 17.8. The van der Waals surface area contributed by atoms with Crippen LogP contribution in [-0.2, 0) is 4.79 Å². The van der Waals surface area contributed by atoms with Crippen molar-refractivity contribution in [3.63, 3.8) is 0 Å². The molecule has 0 amide bonds. The molecule has 2 aromatic carbocycles. The molecule has 2 aromatic rings. The second-order valence-corrected chi connectivity index (χ2v) is 6.90. The van der Waals surface area contributed by atoms with E-state index in [4.69, 9.17) is 9.47 Å². The van der Waals surface area contributed by atoms with Crippen LogP contribution in [0.2, 0.25) is 0 Å². The van der Waals surface area contributed by atoms with Gasteiger partial charge in [-0.1, -0.05) is 22.0 Å². The van der Waals surface area contributed by atoms with Gasteiger partial charge in [-0.3, -0.25) is 4.79 Å². The van der Waals surface area contributed by atoms with Crippen LogP contribution in [-0.4, -0.2) is 20.0 Å². The van der Waals surface area contributed by atoms with Crippen molar-refractivity contribution in [2.24, 2.45) is 0 Å². The molecule has 0 aliphatic heterocycles. The van der Waals surface area contributed by atoms with Crippen LogP contribution < -0.4 is 14.8 Å². The number of nitrogens with one attached hydrogen (secondary N) is 1. The van der Waals surface area contributed by atoms with Crippen molar-refractivity contribution in [3.8, 4) is 11.5 Å². The van der Waals surface area contributed by atoms with Crippen molar-refractivity contribution < 1.29 is 14.3 Å². The van der Waals surface area contributed by atoms with E-state index in [1.165, 1.54) is 0 Å². The van der Waals surface area contributed by atoms with Gasteiger partial charge in [0.25, 0.3) is 0 Å². The number of hydrogen-bond acceptors (Lipinski definition) is 4. The van der Waals surface area contributed by atoms with Crippen molar-refractivity contribution >= 4 is 27.4 Å². The minimum absolute atomic E-state index is 0.121. The predicted octanol–water partition coefficient (Wildman–Crippen LogP) is 4.91. The quantitative estimate of drug-likeness (QED) is 0.772. The first-order valence-electron chi connectivity index (χ1n) is 8.07. The Balaban J connectivity index is 1.79. The van der Waals surface area contributed by atoms with Gasteiger partial charge in [0.15, 0.2) is 17.3 Å². The van der Waals surface area contributed by atoms with Crippen LogP contribution in [0.5, 0.6) is 11.5 Å². The van der Waals surface area contributed by atoms with Gasteiger partial charge in [0, 0.05) is 28.4 Å². The highest BCUT2D eigenvalue weighted by molar-refractivity contribution is 9.10. The molecule has 0 saturated carbocycles. The van der Waals surface area contributed by atoms with Crippen molar-refractivity contribution in [3.05, 3.63) is 64.3 Å². The number of rotatable bonds is 5. The van der Waals surface area contributed by atoms with Gasteiger partial charge in [0.2, 0.25) is 0 Å². The van der Waals surface area contributed by atoms with Crippen LogP contribution in [0.15, 0.2) is 58.7 Å². The molecule has 0 heterocycles. The van der Waals surface area contributed by atoms with Crippen molar-refractivity contribution in [1.29, 1.82) is 0 Å². The normalized spacial score (nSPS) is 17.0. The molecule has 5 heteroatoms. The minimum Gasteiger partial charge on any atom is -0.493 e. The average Bonchev–Trinajstić information content (AvgIpc) is 2.62. The number of halogens is 1. The lowest BCUT2D eigenvalue weighted by molar-refractivity contribution is -0.115. The van der Waals surface area contributed by atoms with Crippen LogP contribution in [0.4, 0.5) is 5.69 Å². The number of ether oxygens (including phenoxy) is 2. The SMILES string of the molecule is COc1ccc(C2CC(=O)C=C(Nc3ccc(Br)cc3)C2)cc1OC. The molecule has 1 aliphatic rings. The second kappa shape index (κ2) is 7.74. The van der Waals surface area contributed by atoms with Gasteiger partial charge in [-0.2, -0.15) is 0 Å². The largest absolute Gasteiger partial charge is 0.493 e. The molecule has 25 heavy (non-hydrogen) atoms. The first-order chi connectivity index (χ1) is 12.1. The Morgan fingerprint density at radius 3 is 2.40 bits per heavy atom. The third kappa shape index (κ3) is 4.23. The maximum Gasteiger partial charge on any atom is 0.160 e. The van der Waals surface area contributed by atoms with Crippen LogP contribution in [0.25, 0.3) is 0 Å². The number of ketones is 1. The Morgan fingerprint density at radius 2 is 1.72 bits per heavy atom. The zero-order valence-corrected chi connectivity index (χ0v) is 15.8. The number of carbonyl (C=O) groups is 1. The van der Waals surface area contributed by atoms with E-state index in [9.17, 15) is 4.79 Å². The molecule has 130 valence electrons. The van der Waals surface area contributed by atoms with Gasteiger partial charge in [-0.05, 0) is 54.3 Å². The summed E-state index contributed by atoms with van der Waals surface area (Å²) in [5.41, 5.74) is 2.97. The van der Waals surface area contributed by atoms with Gasteiger partial charge >= 0.3 is 0 Å². The number of carbonyl (C=O) groups excluding carboxylic acids is 1. The second-order valence-electron chi connectivity index (χ2n) is 5.99. The van der Waals surface area contributed by atoms with E-state index >= 15 is 0 Å². The molecular formula is C20H20BrNO3. The number of anilines is 1. The Morgan fingerprint density at radius 1 is 1.00 bits per heavy atom. The molecule has 0 fully saturated rings. The molecule has 1 unspecified atom stereocenters. The zero-order valence-electron chi connectivity index (χ0n) is 14.2. The third-order valence-electron chi connectivity index (χ3n) is 4.28. The molecule has 0 saturated heterocycles. The fourth-order valence-electron chi connectivity index (χ4n) is 3.04. The topological polar surface area (TPSA) is 47.6 Å². The molecular weight excluding hydrogens is 382 g/mol. The van der Waals surface area contributed by atoms with Gasteiger partial charge in [0.1, 0.15) is 0 Å². The first-order valence-corrected chi connectivity index (χ1v) is 8.86. The highest BCUT2D eigenvalue weighted by Gasteiger charge is 2.23. The third-order valence-corrected chi connectivity index (χ3v) is 4.81. The lowest BCUT2D eigenvalue weighted by Gasteiger charge is -2.24. The summed E-state index contributed by atoms with van der Waals surface area (Å²) in [6, 6.07) is 13.8. The Kier molecular flexibility index (Phi) is 5.43. The molecule has 3 rings (SSSR count). The minimum atomic E-state index is 0.121. The number of benzene rings is 2. The molecule has 4 nitrogen and oxygen atoms in total. The lowest BCUT2D eigenvalue weighted by Crippen LogP contribution is -2.16. The molecule has 0 bridgehead atoms. The van der Waals surface area contributed by atoms with E-state index < -0.39 is 0 Å². The first kappa shape index (κ1) is 17.5. The van der Waals surface area contributed by atoms with Gasteiger partial charge in [-0.25, -0.2) is 0 Å². The van der Waals surface area contributed by atoms with E-state index in [0.29, 0.717) is 17.9 Å². The maximum absolute atomic E-state index is 12.2. The molecule has 0 spiro atoms. The summed E-state index contributed by atoms with van der Waals surface area (Å²) in [5, 5.41) is 3.35. The Hall–Kier alpha value is -2.27. The Bertz CT molecular complexity index is 799. The van der Waals surface area contributed by atoms with Crippen molar-refractivity contribution in [2.45, 2.75) is 18.8 Å². The highest BCUT2D eigenvalue weighted by Crippen LogP contribution is 2.36. The lowest BCUT2D eigenvalue weighted by atomic mass is 9.85.